The van der Waals surface area contributed by atoms with Crippen LogP contribution in [0.5, 0.6) is 0 Å². The van der Waals surface area contributed by atoms with E-state index in [1.165, 1.54) is 0 Å². The van der Waals surface area contributed by atoms with Crippen LogP contribution in [0.15, 0.2) is 68.3 Å². The van der Waals surface area contributed by atoms with E-state index in [0.29, 0.717) is 16.4 Å². The Labute approximate surface area is 128 Å². The van der Waals surface area contributed by atoms with Crippen molar-refractivity contribution in [3.8, 4) is 0 Å². The molecular weight excluding hydrogens is 295 g/mol. The van der Waals surface area contributed by atoms with E-state index >= 15 is 0 Å². The van der Waals surface area contributed by atoms with Gasteiger partial charge in [-0.1, -0.05) is 43.5 Å². The van der Waals surface area contributed by atoms with E-state index in [1.54, 1.807) is 46.3 Å². The zero-order valence-electron chi connectivity index (χ0n) is 11.9. The number of nitrogens with zero attached hydrogens (tertiary/aromatic N) is 4. The second-order valence-corrected chi connectivity index (χ2v) is 7.11. The average Bonchev–Trinajstić information content (AvgIpc) is 3.23. The number of aromatic nitrogens is 4. The summed E-state index contributed by atoms with van der Waals surface area (Å²) in [5.74, 6) is 0. The van der Waals surface area contributed by atoms with Crippen molar-refractivity contribution < 1.29 is 4.57 Å². The molecule has 22 heavy (non-hydrogen) atoms. The van der Waals surface area contributed by atoms with Crippen LogP contribution in [0, 0.1) is 0 Å². The highest BCUT2D eigenvalue weighted by atomic mass is 31.2. The topological polar surface area (TPSA) is 52.7 Å². The summed E-state index contributed by atoms with van der Waals surface area (Å²) in [7, 11) is -3.23. The molecule has 0 atom stereocenters. The molecule has 1 aromatic carbocycles. The summed E-state index contributed by atoms with van der Waals surface area (Å²) in [6, 6.07) is 9.23. The molecule has 0 N–H and O–H groups in total. The number of benzene rings is 1. The summed E-state index contributed by atoms with van der Waals surface area (Å²) in [5, 5.41) is 0.665. The highest BCUT2D eigenvalue weighted by molar-refractivity contribution is 7.84. The van der Waals surface area contributed by atoms with E-state index in [2.05, 4.69) is 23.1 Å². The van der Waals surface area contributed by atoms with E-state index in [9.17, 15) is 4.57 Å². The summed E-state index contributed by atoms with van der Waals surface area (Å²) in [4.78, 5) is 8.62. The molecule has 0 aliphatic rings. The summed E-state index contributed by atoms with van der Waals surface area (Å²) in [5.41, 5.74) is 0.839. The zero-order valence-corrected chi connectivity index (χ0v) is 12.8. The Morgan fingerprint density at radius 1 is 0.909 bits per heavy atom. The molecule has 3 aromatic rings. The second-order valence-electron chi connectivity index (χ2n) is 4.58. The quantitative estimate of drug-likeness (QED) is 0.677. The first-order chi connectivity index (χ1) is 10.7. The average molecular weight is 310 g/mol. The Bertz CT molecular complexity index is 813. The van der Waals surface area contributed by atoms with Gasteiger partial charge in [0, 0.05) is 42.5 Å². The maximum atomic E-state index is 14.0. The molecule has 3 rings (SSSR count). The van der Waals surface area contributed by atoms with Crippen LogP contribution < -0.4 is 16.4 Å². The van der Waals surface area contributed by atoms with Crippen molar-refractivity contribution in [2.75, 3.05) is 0 Å². The predicted octanol–water partition coefficient (Wildman–Crippen LogP) is 1.92. The van der Waals surface area contributed by atoms with Gasteiger partial charge in [0.15, 0.2) is 11.1 Å². The molecule has 0 saturated heterocycles. The van der Waals surface area contributed by atoms with Crippen LogP contribution in [0.1, 0.15) is 0 Å². The molecular formula is C16H15N4OP. The smallest absolute Gasteiger partial charge is 0.239 e. The van der Waals surface area contributed by atoms with E-state index in [0.717, 1.165) is 0 Å². The van der Waals surface area contributed by atoms with E-state index in [4.69, 9.17) is 0 Å². The Morgan fingerprint density at radius 2 is 1.41 bits per heavy atom. The normalized spacial score (nSPS) is 11.3. The minimum Gasteiger partial charge on any atom is -0.304 e. The van der Waals surface area contributed by atoms with Gasteiger partial charge in [0.1, 0.15) is 0 Å². The zero-order chi connectivity index (χ0) is 15.6. The van der Waals surface area contributed by atoms with E-state index in [-0.39, 0.29) is 0 Å². The lowest BCUT2D eigenvalue weighted by atomic mass is 10.4. The molecule has 0 unspecified atom stereocenters. The van der Waals surface area contributed by atoms with Gasteiger partial charge in [-0.2, -0.15) is 0 Å². The Kier molecular flexibility index (Phi) is 3.65. The van der Waals surface area contributed by atoms with Crippen LogP contribution in [0.2, 0.25) is 0 Å². The molecule has 2 heterocycles. The van der Waals surface area contributed by atoms with E-state index in [1.807, 2.05) is 30.3 Å². The van der Waals surface area contributed by atoms with Gasteiger partial charge in [-0.25, -0.2) is 9.97 Å². The Hall–Kier alpha value is -2.65. The van der Waals surface area contributed by atoms with Crippen LogP contribution in [-0.2, 0) is 4.57 Å². The number of rotatable bonds is 5. The van der Waals surface area contributed by atoms with Crippen LogP contribution in [-0.4, -0.2) is 19.1 Å². The van der Waals surface area contributed by atoms with Crippen molar-refractivity contribution in [3.05, 3.63) is 68.3 Å². The highest BCUT2D eigenvalue weighted by Gasteiger charge is 2.37. The number of hydrogen-bond donors (Lipinski definition) is 0. The molecule has 2 aromatic heterocycles. The number of imidazole rings is 2. The first-order valence-corrected chi connectivity index (χ1v) is 8.40. The van der Waals surface area contributed by atoms with Crippen molar-refractivity contribution in [3.63, 3.8) is 0 Å². The largest absolute Gasteiger partial charge is 0.304 e. The molecule has 110 valence electrons. The maximum absolute atomic E-state index is 14.0. The van der Waals surface area contributed by atoms with Crippen molar-refractivity contribution in [2.24, 2.45) is 0 Å². The standard InChI is InChI=1S/C16H15N4OP/c1-3-19-12-10-17-15(19)22(21,14-8-6-5-7-9-14)16-18-11-13-20(16)4-2/h3-13H,1-2H2. The highest BCUT2D eigenvalue weighted by Crippen LogP contribution is 2.40. The van der Waals surface area contributed by atoms with Crippen LogP contribution in [0.4, 0.5) is 0 Å². The van der Waals surface area contributed by atoms with Crippen molar-refractivity contribution in [1.82, 2.24) is 19.1 Å². The van der Waals surface area contributed by atoms with Gasteiger partial charge >= 0.3 is 0 Å². The van der Waals surface area contributed by atoms with Crippen molar-refractivity contribution in [2.45, 2.75) is 0 Å². The summed E-state index contributed by atoms with van der Waals surface area (Å²) >= 11 is 0. The summed E-state index contributed by atoms with van der Waals surface area (Å²) < 4.78 is 17.4. The van der Waals surface area contributed by atoms with Gasteiger partial charge in [-0.15, -0.1) is 0 Å². The van der Waals surface area contributed by atoms with Crippen LogP contribution in [0.25, 0.3) is 12.4 Å². The Balaban J connectivity index is 2.35. The minimum atomic E-state index is -3.23. The molecule has 0 spiro atoms. The molecule has 0 aliphatic carbocycles. The van der Waals surface area contributed by atoms with Crippen LogP contribution in [0.3, 0.4) is 0 Å². The third-order valence-corrected chi connectivity index (χ3v) is 6.22. The molecule has 0 aliphatic heterocycles. The van der Waals surface area contributed by atoms with E-state index < -0.39 is 7.14 Å². The third-order valence-electron chi connectivity index (χ3n) is 3.37. The second kappa shape index (κ2) is 5.62. The molecule has 6 heteroatoms. The van der Waals surface area contributed by atoms with Gasteiger partial charge in [0.25, 0.3) is 0 Å². The molecule has 0 fully saturated rings. The molecule has 0 bridgehead atoms. The third kappa shape index (κ3) is 2.07. The molecule has 0 radical (unpaired) electrons. The van der Waals surface area contributed by atoms with Crippen molar-refractivity contribution in [1.29, 1.82) is 0 Å². The van der Waals surface area contributed by atoms with Crippen molar-refractivity contribution >= 4 is 36.0 Å². The SMILES string of the molecule is C=Cn1ccnc1P(=O)(c1ccccc1)c1nccn1C=C. The summed E-state index contributed by atoms with van der Waals surface area (Å²) in [6.45, 7) is 7.50. The van der Waals surface area contributed by atoms with Gasteiger partial charge in [-0.3, -0.25) is 0 Å². The molecule has 0 saturated carbocycles. The summed E-state index contributed by atoms with van der Waals surface area (Å²) in [6.07, 6.45) is 9.82. The first-order valence-electron chi connectivity index (χ1n) is 6.69. The molecule has 5 nitrogen and oxygen atoms in total. The predicted molar refractivity (Wildman–Crippen MR) is 90.2 cm³/mol. The lowest BCUT2D eigenvalue weighted by Gasteiger charge is -2.18. The fourth-order valence-electron chi connectivity index (χ4n) is 2.34. The molecule has 0 amide bonds. The monoisotopic (exact) mass is 310 g/mol. The van der Waals surface area contributed by atoms with Gasteiger partial charge < -0.3 is 13.7 Å². The van der Waals surface area contributed by atoms with Gasteiger partial charge in [0.05, 0.1) is 0 Å². The van der Waals surface area contributed by atoms with Crippen LogP contribution >= 0.6 is 7.14 Å². The lowest BCUT2D eigenvalue weighted by Crippen LogP contribution is -2.33. The Morgan fingerprint density at radius 3 is 1.86 bits per heavy atom. The maximum Gasteiger partial charge on any atom is 0.239 e. The van der Waals surface area contributed by atoms with Gasteiger partial charge in [0.2, 0.25) is 7.14 Å². The van der Waals surface area contributed by atoms with Gasteiger partial charge in [-0.05, 0) is 0 Å². The number of hydrogen-bond acceptors (Lipinski definition) is 3. The fraction of sp³-hybridized carbons (Fsp3) is 0. The first kappa shape index (κ1) is 14.3. The lowest BCUT2D eigenvalue weighted by molar-refractivity contribution is 0.590. The minimum absolute atomic E-state index is 0.419. The fourth-order valence-corrected chi connectivity index (χ4v) is 4.98.